The topological polar surface area (TPSA) is 62.3 Å². The zero-order chi connectivity index (χ0) is 19.5. The largest absolute Gasteiger partial charge is 0.342 e. The number of piperidine rings is 1. The summed E-state index contributed by atoms with van der Waals surface area (Å²) in [6.45, 7) is 3.29. The first-order valence-corrected chi connectivity index (χ1v) is 11.2. The molecule has 1 aromatic heterocycles. The lowest BCUT2D eigenvalue weighted by Crippen LogP contribution is -2.43. The van der Waals surface area contributed by atoms with Crippen LogP contribution in [0.3, 0.4) is 0 Å². The molecule has 2 aliphatic rings. The highest BCUT2D eigenvalue weighted by atomic mass is 32.1. The van der Waals surface area contributed by atoms with Gasteiger partial charge in [0.2, 0.25) is 11.8 Å². The van der Waals surface area contributed by atoms with Crippen LogP contribution in [0.15, 0.2) is 23.6 Å². The van der Waals surface area contributed by atoms with Crippen molar-refractivity contribution in [1.29, 1.82) is 0 Å². The molecule has 2 aromatic rings. The molecule has 1 atom stereocenters. The third-order valence-corrected chi connectivity index (χ3v) is 6.50. The standard InChI is InChI=1S/C22H27N3O2S/c1-2-5-20(26)25-11-4-8-18(13-25)21(27)24-22-23-19(14-28-22)17-10-9-15-6-3-7-16(15)12-17/h9-10,12,14,18H,2-8,11,13H2,1H3,(H,23,24,27). The summed E-state index contributed by atoms with van der Waals surface area (Å²) in [6, 6.07) is 6.57. The van der Waals surface area contributed by atoms with E-state index in [9.17, 15) is 9.59 Å². The van der Waals surface area contributed by atoms with Gasteiger partial charge in [-0.05, 0) is 55.7 Å². The van der Waals surface area contributed by atoms with Crippen LogP contribution in [0.5, 0.6) is 0 Å². The highest BCUT2D eigenvalue weighted by molar-refractivity contribution is 7.14. The van der Waals surface area contributed by atoms with Gasteiger partial charge < -0.3 is 10.2 Å². The Balaban J connectivity index is 1.39. The number of hydrogen-bond acceptors (Lipinski definition) is 4. The summed E-state index contributed by atoms with van der Waals surface area (Å²) >= 11 is 1.46. The van der Waals surface area contributed by atoms with Gasteiger partial charge in [-0.1, -0.05) is 19.1 Å². The Morgan fingerprint density at radius 2 is 2.11 bits per heavy atom. The second kappa shape index (κ2) is 8.43. The van der Waals surface area contributed by atoms with E-state index in [1.165, 1.54) is 35.3 Å². The van der Waals surface area contributed by atoms with E-state index in [0.717, 1.165) is 43.5 Å². The fraction of sp³-hybridized carbons (Fsp3) is 0.500. The summed E-state index contributed by atoms with van der Waals surface area (Å²) in [7, 11) is 0. The zero-order valence-electron chi connectivity index (χ0n) is 16.4. The van der Waals surface area contributed by atoms with Gasteiger partial charge in [0.15, 0.2) is 5.13 Å². The summed E-state index contributed by atoms with van der Waals surface area (Å²) in [6.07, 6.45) is 6.66. The molecule has 1 N–H and O–H groups in total. The Hall–Kier alpha value is -2.21. The van der Waals surface area contributed by atoms with Gasteiger partial charge in [-0.3, -0.25) is 9.59 Å². The van der Waals surface area contributed by atoms with Crippen molar-refractivity contribution in [3.63, 3.8) is 0 Å². The number of thiazole rings is 1. The van der Waals surface area contributed by atoms with Crippen LogP contribution in [0, 0.1) is 5.92 Å². The summed E-state index contributed by atoms with van der Waals surface area (Å²) in [5, 5.41) is 5.62. The smallest absolute Gasteiger partial charge is 0.231 e. The van der Waals surface area contributed by atoms with Crippen LogP contribution in [0.4, 0.5) is 5.13 Å². The Labute approximate surface area is 170 Å². The quantitative estimate of drug-likeness (QED) is 0.819. The monoisotopic (exact) mass is 397 g/mol. The molecule has 1 aliphatic carbocycles. The van der Waals surface area contributed by atoms with Crippen LogP contribution in [0.1, 0.15) is 50.2 Å². The number of benzene rings is 1. The van der Waals surface area contributed by atoms with Crippen LogP contribution in [-0.2, 0) is 22.4 Å². The highest BCUT2D eigenvalue weighted by Crippen LogP contribution is 2.30. The Morgan fingerprint density at radius 3 is 2.96 bits per heavy atom. The van der Waals surface area contributed by atoms with Crippen molar-refractivity contribution in [2.24, 2.45) is 5.92 Å². The number of amides is 2. The minimum absolute atomic E-state index is 0.0242. The lowest BCUT2D eigenvalue weighted by molar-refractivity contribution is -0.134. The lowest BCUT2D eigenvalue weighted by Gasteiger charge is -2.31. The van der Waals surface area contributed by atoms with Crippen LogP contribution in [0.2, 0.25) is 0 Å². The molecular weight excluding hydrogens is 370 g/mol. The summed E-state index contributed by atoms with van der Waals surface area (Å²) in [4.78, 5) is 31.3. The molecular formula is C22H27N3O2S. The van der Waals surface area contributed by atoms with Crippen molar-refractivity contribution in [1.82, 2.24) is 9.88 Å². The molecule has 5 nitrogen and oxygen atoms in total. The summed E-state index contributed by atoms with van der Waals surface area (Å²) in [5.74, 6) is -0.0149. The first-order valence-electron chi connectivity index (χ1n) is 10.3. The van der Waals surface area contributed by atoms with Crippen LogP contribution in [-0.4, -0.2) is 34.8 Å². The second-order valence-electron chi connectivity index (χ2n) is 7.79. The predicted octanol–water partition coefficient (Wildman–Crippen LogP) is 4.28. The third kappa shape index (κ3) is 4.12. The van der Waals surface area contributed by atoms with Crippen molar-refractivity contribution >= 4 is 28.3 Å². The van der Waals surface area contributed by atoms with Crippen LogP contribution >= 0.6 is 11.3 Å². The van der Waals surface area contributed by atoms with E-state index in [1.54, 1.807) is 0 Å². The number of aryl methyl sites for hydroxylation is 2. The Bertz CT molecular complexity index is 876. The summed E-state index contributed by atoms with van der Waals surface area (Å²) in [5.41, 5.74) is 4.91. The van der Waals surface area contributed by atoms with Crippen molar-refractivity contribution < 1.29 is 9.59 Å². The summed E-state index contributed by atoms with van der Waals surface area (Å²) < 4.78 is 0. The highest BCUT2D eigenvalue weighted by Gasteiger charge is 2.28. The average molecular weight is 398 g/mol. The van der Waals surface area contributed by atoms with Crippen molar-refractivity contribution in [2.45, 2.75) is 51.9 Å². The third-order valence-electron chi connectivity index (χ3n) is 5.74. The van der Waals surface area contributed by atoms with Crippen molar-refractivity contribution in [3.05, 3.63) is 34.7 Å². The minimum Gasteiger partial charge on any atom is -0.342 e. The maximum absolute atomic E-state index is 12.7. The van der Waals surface area contributed by atoms with E-state index in [-0.39, 0.29) is 17.7 Å². The first-order chi connectivity index (χ1) is 13.6. The van der Waals surface area contributed by atoms with E-state index in [4.69, 9.17) is 0 Å². The molecule has 1 unspecified atom stereocenters. The normalized spacial score (nSPS) is 18.8. The van der Waals surface area contributed by atoms with Crippen molar-refractivity contribution in [3.8, 4) is 11.3 Å². The number of likely N-dealkylation sites (tertiary alicyclic amines) is 1. The molecule has 4 rings (SSSR count). The number of fused-ring (bicyclic) bond motifs is 1. The SMILES string of the molecule is CCCC(=O)N1CCCC(C(=O)Nc2nc(-c3ccc4c(c3)CCC4)cs2)C1. The molecule has 148 valence electrons. The van der Waals surface area contributed by atoms with Gasteiger partial charge >= 0.3 is 0 Å². The van der Waals surface area contributed by atoms with Crippen LogP contribution < -0.4 is 5.32 Å². The lowest BCUT2D eigenvalue weighted by atomic mass is 9.97. The second-order valence-corrected chi connectivity index (χ2v) is 8.65. The van der Waals surface area contributed by atoms with Gasteiger partial charge in [0, 0.05) is 30.5 Å². The van der Waals surface area contributed by atoms with E-state index >= 15 is 0 Å². The molecule has 0 spiro atoms. The Kier molecular flexibility index (Phi) is 5.76. The van der Waals surface area contributed by atoms with E-state index < -0.39 is 0 Å². The Morgan fingerprint density at radius 1 is 1.25 bits per heavy atom. The minimum atomic E-state index is -0.151. The number of nitrogens with zero attached hydrogens (tertiary/aromatic N) is 2. The molecule has 0 saturated carbocycles. The number of anilines is 1. The molecule has 28 heavy (non-hydrogen) atoms. The number of aromatic nitrogens is 1. The zero-order valence-corrected chi connectivity index (χ0v) is 17.2. The fourth-order valence-corrected chi connectivity index (χ4v) is 4.91. The number of nitrogens with one attached hydrogen (secondary N) is 1. The van der Waals surface area contributed by atoms with Crippen LogP contribution in [0.25, 0.3) is 11.3 Å². The fourth-order valence-electron chi connectivity index (χ4n) is 4.19. The maximum atomic E-state index is 12.7. The molecule has 1 aliphatic heterocycles. The number of carbonyl (C=O) groups is 2. The van der Waals surface area contributed by atoms with Gasteiger partial charge in [-0.2, -0.15) is 0 Å². The van der Waals surface area contributed by atoms with Gasteiger partial charge in [-0.25, -0.2) is 4.98 Å². The number of rotatable bonds is 5. The van der Waals surface area contributed by atoms with E-state index in [2.05, 4.69) is 28.5 Å². The van der Waals surface area contributed by atoms with Gasteiger partial charge in [-0.15, -0.1) is 11.3 Å². The molecule has 2 heterocycles. The predicted molar refractivity (Wildman–Crippen MR) is 112 cm³/mol. The molecule has 1 aromatic carbocycles. The van der Waals surface area contributed by atoms with Gasteiger partial charge in [0.1, 0.15) is 0 Å². The van der Waals surface area contributed by atoms with Gasteiger partial charge in [0.05, 0.1) is 11.6 Å². The molecule has 6 heteroatoms. The van der Waals surface area contributed by atoms with E-state index in [0.29, 0.717) is 18.1 Å². The molecule has 2 amide bonds. The molecule has 0 radical (unpaired) electrons. The molecule has 0 bridgehead atoms. The molecule has 1 fully saturated rings. The first kappa shape index (κ1) is 19.1. The van der Waals surface area contributed by atoms with Gasteiger partial charge in [0.25, 0.3) is 0 Å². The maximum Gasteiger partial charge on any atom is 0.231 e. The average Bonchev–Trinajstić information content (AvgIpc) is 3.37. The number of carbonyl (C=O) groups excluding carboxylic acids is 2. The number of hydrogen-bond donors (Lipinski definition) is 1. The van der Waals surface area contributed by atoms with Crippen molar-refractivity contribution in [2.75, 3.05) is 18.4 Å². The molecule has 1 saturated heterocycles. The van der Waals surface area contributed by atoms with E-state index in [1.807, 2.05) is 17.2 Å².